The smallest absolute Gasteiger partial charge is 0.337 e. The molecule has 3 amide bonds. The van der Waals surface area contributed by atoms with Crippen molar-refractivity contribution in [2.24, 2.45) is 0 Å². The first-order valence-electron chi connectivity index (χ1n) is 10.8. The van der Waals surface area contributed by atoms with Crippen LogP contribution in [0.4, 0.5) is 4.79 Å². The molecule has 0 unspecified atom stereocenters. The van der Waals surface area contributed by atoms with E-state index in [1.165, 1.54) is 5.01 Å². The summed E-state index contributed by atoms with van der Waals surface area (Å²) < 4.78 is 0.929. The van der Waals surface area contributed by atoms with E-state index in [4.69, 9.17) is 5.11 Å². The Balaban J connectivity index is 1.42. The predicted octanol–water partition coefficient (Wildman–Crippen LogP) is 1.44. The molecule has 0 saturated carbocycles. The second-order valence-electron chi connectivity index (χ2n) is 8.09. The van der Waals surface area contributed by atoms with E-state index in [2.05, 4.69) is 10.6 Å². The predicted molar refractivity (Wildman–Crippen MR) is 118 cm³/mol. The molecule has 11 nitrogen and oxygen atoms in total. The van der Waals surface area contributed by atoms with Crippen molar-refractivity contribution >= 4 is 29.7 Å². The fourth-order valence-electron chi connectivity index (χ4n) is 4.18. The summed E-state index contributed by atoms with van der Waals surface area (Å²) >= 11 is 1.70. The maximum Gasteiger partial charge on any atom is 0.337 e. The highest BCUT2D eigenvalue weighted by molar-refractivity contribution is 8.00. The summed E-state index contributed by atoms with van der Waals surface area (Å²) in [6.45, 7) is 0.542. The van der Waals surface area contributed by atoms with Crippen molar-refractivity contribution in [3.8, 4) is 17.5 Å². The van der Waals surface area contributed by atoms with Crippen molar-refractivity contribution in [1.29, 1.82) is 0 Å². The summed E-state index contributed by atoms with van der Waals surface area (Å²) in [6.07, 6.45) is 4.92. The molecule has 0 aromatic carbocycles. The maximum atomic E-state index is 12.5. The molecule has 3 rings (SSSR count). The number of hydrogen-bond donors (Lipinski definition) is 6. The van der Waals surface area contributed by atoms with Crippen LogP contribution in [0.2, 0.25) is 0 Å². The largest absolute Gasteiger partial charge is 0.503 e. The number of aliphatic carboxylic acids is 1. The Morgan fingerprint density at radius 2 is 1.88 bits per heavy atom. The van der Waals surface area contributed by atoms with Gasteiger partial charge in [0.15, 0.2) is 5.75 Å². The minimum atomic E-state index is -0.804. The van der Waals surface area contributed by atoms with E-state index in [0.717, 1.165) is 36.4 Å². The number of carbonyl (C=O) groups excluding carboxylic acids is 2. The molecule has 3 heterocycles. The van der Waals surface area contributed by atoms with Crippen LogP contribution >= 0.6 is 11.8 Å². The fraction of sp³-hybridized carbons (Fsp3) is 0.650. The van der Waals surface area contributed by atoms with Gasteiger partial charge in [-0.1, -0.05) is 12.8 Å². The zero-order valence-electron chi connectivity index (χ0n) is 17.7. The molecule has 6 N–H and O–H groups in total. The van der Waals surface area contributed by atoms with Crippen LogP contribution in [0, 0.1) is 0 Å². The van der Waals surface area contributed by atoms with Gasteiger partial charge in [-0.15, -0.1) is 0 Å². The summed E-state index contributed by atoms with van der Waals surface area (Å²) in [7, 11) is 0. The van der Waals surface area contributed by atoms with Gasteiger partial charge in [0.1, 0.15) is 0 Å². The highest BCUT2D eigenvalue weighted by Gasteiger charge is 2.50. The minimum absolute atomic E-state index is 0.0304. The molecular weight excluding hydrogens is 440 g/mol. The van der Waals surface area contributed by atoms with Gasteiger partial charge in [-0.2, -0.15) is 16.4 Å². The number of carboxylic acids is 1. The van der Waals surface area contributed by atoms with E-state index < -0.39 is 29.5 Å². The minimum Gasteiger partial charge on any atom is -0.503 e. The molecule has 12 heteroatoms. The SMILES string of the molecule is O=C(O)CCCCCNC(=O)CCCC[C@@H]1SC[C@@H]2NC(=O)N(n3c(O)cc(O)c3O)[C@@H]21. The van der Waals surface area contributed by atoms with E-state index in [-0.39, 0.29) is 29.7 Å². The van der Waals surface area contributed by atoms with Gasteiger partial charge in [-0.3, -0.25) is 9.59 Å². The summed E-state index contributed by atoms with van der Waals surface area (Å²) in [5, 5.41) is 45.4. The molecular formula is C20H30N4O7S. The zero-order valence-corrected chi connectivity index (χ0v) is 18.5. The average Bonchev–Trinajstić information content (AvgIpc) is 3.34. The molecule has 3 atom stereocenters. The van der Waals surface area contributed by atoms with Crippen LogP contribution in [0.15, 0.2) is 6.07 Å². The van der Waals surface area contributed by atoms with Gasteiger partial charge in [0.25, 0.3) is 5.88 Å². The number of carbonyl (C=O) groups is 3. The van der Waals surface area contributed by atoms with E-state index >= 15 is 0 Å². The molecule has 2 fully saturated rings. The highest BCUT2D eigenvalue weighted by atomic mass is 32.2. The molecule has 0 bridgehead atoms. The number of nitrogens with zero attached hydrogens (tertiary/aromatic N) is 2. The number of thioether (sulfide) groups is 1. The van der Waals surface area contributed by atoms with Crippen molar-refractivity contribution in [1.82, 2.24) is 15.3 Å². The second kappa shape index (κ2) is 10.7. The second-order valence-corrected chi connectivity index (χ2v) is 9.36. The molecule has 2 aliphatic heterocycles. The standard InChI is InChI=1S/C20H30N4O7S/c25-13-10-16(27)23(19(13)30)24-18-12(22-20(24)31)11-32-14(18)6-3-4-7-15(26)21-9-5-1-2-8-17(28)29/h10,12,14,18,25,27,30H,1-9,11H2,(H,21,26)(H,22,31)(H,28,29)/t12-,14-,18-/m0/s1. The lowest BCUT2D eigenvalue weighted by molar-refractivity contribution is -0.137. The number of carboxylic acid groups (broad SMARTS) is 1. The van der Waals surface area contributed by atoms with Crippen LogP contribution in [0.5, 0.6) is 17.5 Å². The zero-order chi connectivity index (χ0) is 23.3. The molecule has 178 valence electrons. The van der Waals surface area contributed by atoms with Crippen LogP contribution < -0.4 is 15.6 Å². The number of aromatic nitrogens is 1. The van der Waals surface area contributed by atoms with Crippen LogP contribution in [-0.4, -0.2) is 72.6 Å². The van der Waals surface area contributed by atoms with Crippen molar-refractivity contribution in [3.63, 3.8) is 0 Å². The number of hydrogen-bond acceptors (Lipinski definition) is 7. The molecule has 0 spiro atoms. The van der Waals surface area contributed by atoms with E-state index in [1.54, 1.807) is 11.8 Å². The first kappa shape index (κ1) is 23.9. The molecule has 2 aliphatic rings. The lowest BCUT2D eigenvalue weighted by Crippen LogP contribution is -2.47. The number of nitrogens with one attached hydrogen (secondary N) is 2. The lowest BCUT2D eigenvalue weighted by Gasteiger charge is -2.28. The number of fused-ring (bicyclic) bond motifs is 1. The number of rotatable bonds is 12. The third kappa shape index (κ3) is 5.53. The van der Waals surface area contributed by atoms with Crippen LogP contribution in [0.3, 0.4) is 0 Å². The van der Waals surface area contributed by atoms with Gasteiger partial charge >= 0.3 is 12.0 Å². The third-order valence-electron chi connectivity index (χ3n) is 5.74. The molecule has 0 aliphatic carbocycles. The van der Waals surface area contributed by atoms with E-state index in [9.17, 15) is 29.7 Å². The van der Waals surface area contributed by atoms with Crippen molar-refractivity contribution in [2.75, 3.05) is 17.3 Å². The Labute approximate surface area is 189 Å². The Morgan fingerprint density at radius 1 is 1.12 bits per heavy atom. The number of urea groups is 1. The maximum absolute atomic E-state index is 12.5. The summed E-state index contributed by atoms with van der Waals surface area (Å²) in [5.41, 5.74) is 0. The molecule has 32 heavy (non-hydrogen) atoms. The molecule has 2 saturated heterocycles. The molecule has 0 radical (unpaired) electrons. The van der Waals surface area contributed by atoms with Gasteiger partial charge in [0.2, 0.25) is 11.8 Å². The Bertz CT molecular complexity index is 846. The number of amides is 3. The van der Waals surface area contributed by atoms with Gasteiger partial charge in [0, 0.05) is 36.5 Å². The van der Waals surface area contributed by atoms with E-state index in [1.807, 2.05) is 0 Å². The molecule has 1 aromatic heterocycles. The Morgan fingerprint density at radius 3 is 2.56 bits per heavy atom. The number of aromatic hydroxyl groups is 3. The fourth-order valence-corrected chi connectivity index (χ4v) is 5.75. The van der Waals surface area contributed by atoms with Gasteiger partial charge in [-0.25, -0.2) is 9.80 Å². The Hall–Kier alpha value is -2.76. The van der Waals surface area contributed by atoms with Crippen LogP contribution in [0.1, 0.15) is 51.4 Å². The first-order chi connectivity index (χ1) is 15.3. The number of unbranched alkanes of at least 4 members (excludes halogenated alkanes) is 3. The van der Waals surface area contributed by atoms with Crippen molar-refractivity contribution < 1.29 is 34.8 Å². The lowest BCUT2D eigenvalue weighted by atomic mass is 10.0. The van der Waals surface area contributed by atoms with Gasteiger partial charge in [0.05, 0.1) is 12.1 Å². The summed E-state index contributed by atoms with van der Waals surface area (Å²) in [4.78, 5) is 34.9. The first-order valence-corrected chi connectivity index (χ1v) is 11.9. The normalized spacial score (nSPS) is 22.1. The quantitative estimate of drug-likeness (QED) is 0.197. The topological polar surface area (TPSA) is 164 Å². The van der Waals surface area contributed by atoms with Gasteiger partial charge in [-0.05, 0) is 25.7 Å². The summed E-state index contributed by atoms with van der Waals surface area (Å²) in [6, 6.07) is 0.105. The van der Waals surface area contributed by atoms with Gasteiger partial charge < -0.3 is 31.1 Å². The highest BCUT2D eigenvalue weighted by Crippen LogP contribution is 2.41. The van der Waals surface area contributed by atoms with E-state index in [0.29, 0.717) is 31.6 Å². The molecule has 1 aromatic rings. The monoisotopic (exact) mass is 470 g/mol. The Kier molecular flexibility index (Phi) is 7.99. The average molecular weight is 471 g/mol. The van der Waals surface area contributed by atoms with Crippen molar-refractivity contribution in [2.45, 2.75) is 68.7 Å². The van der Waals surface area contributed by atoms with Crippen molar-refractivity contribution in [3.05, 3.63) is 6.07 Å². The summed E-state index contributed by atoms with van der Waals surface area (Å²) in [5.74, 6) is -1.65. The van der Waals surface area contributed by atoms with Crippen LogP contribution in [-0.2, 0) is 9.59 Å². The van der Waals surface area contributed by atoms with Crippen LogP contribution in [0.25, 0.3) is 0 Å². The third-order valence-corrected chi connectivity index (χ3v) is 7.24.